The predicted molar refractivity (Wildman–Crippen MR) is 136 cm³/mol. The van der Waals surface area contributed by atoms with Crippen LogP contribution in [0.4, 0.5) is 0 Å². The first kappa shape index (κ1) is 25.8. The number of rotatable bonds is 6. The molecular weight excluding hydrogens is 496 g/mol. The highest BCUT2D eigenvalue weighted by molar-refractivity contribution is 7.07. The van der Waals surface area contributed by atoms with E-state index in [-0.39, 0.29) is 17.7 Å². The van der Waals surface area contributed by atoms with E-state index in [0.717, 1.165) is 11.3 Å². The fourth-order valence-corrected chi connectivity index (χ4v) is 5.02. The number of ether oxygens (including phenoxy) is 3. The number of carbonyl (C=O) groups is 3. The Morgan fingerprint density at radius 1 is 1.03 bits per heavy atom. The number of hydrogen-bond acceptors (Lipinski definition) is 9. The molecule has 0 saturated carbocycles. The minimum atomic E-state index is -0.812. The molecule has 0 bridgehead atoms. The first-order valence-electron chi connectivity index (χ1n) is 11.4. The van der Waals surface area contributed by atoms with Crippen LogP contribution in [0.3, 0.4) is 0 Å². The molecule has 1 aromatic heterocycles. The molecule has 1 unspecified atom stereocenters. The van der Waals surface area contributed by atoms with Crippen LogP contribution in [0, 0.1) is 0 Å². The summed E-state index contributed by atoms with van der Waals surface area (Å²) in [7, 11) is 0. The molecule has 0 fully saturated rings. The van der Waals surface area contributed by atoms with Gasteiger partial charge in [0.15, 0.2) is 4.80 Å². The van der Waals surface area contributed by atoms with Crippen molar-refractivity contribution in [2.75, 3.05) is 6.61 Å². The third-order valence-electron chi connectivity index (χ3n) is 5.43. The molecular formula is C27H24N2O7S. The zero-order valence-electron chi connectivity index (χ0n) is 20.6. The largest absolute Gasteiger partial charge is 0.463 e. The van der Waals surface area contributed by atoms with Crippen molar-refractivity contribution in [2.24, 2.45) is 4.99 Å². The van der Waals surface area contributed by atoms with Crippen LogP contribution in [-0.4, -0.2) is 29.1 Å². The van der Waals surface area contributed by atoms with Gasteiger partial charge in [0.2, 0.25) is 0 Å². The molecule has 1 atom stereocenters. The van der Waals surface area contributed by atoms with E-state index in [0.29, 0.717) is 37.7 Å². The molecule has 9 nitrogen and oxygen atoms in total. The molecule has 190 valence electrons. The molecule has 1 aliphatic heterocycles. The summed E-state index contributed by atoms with van der Waals surface area (Å²) in [6, 6.07) is 12.6. The highest BCUT2D eigenvalue weighted by Gasteiger charge is 2.33. The fraction of sp³-hybridized carbons (Fsp3) is 0.222. The number of hydrogen-bond donors (Lipinski definition) is 0. The Kier molecular flexibility index (Phi) is 7.49. The van der Waals surface area contributed by atoms with Crippen molar-refractivity contribution in [3.05, 3.63) is 90.6 Å². The van der Waals surface area contributed by atoms with Crippen LogP contribution >= 0.6 is 11.3 Å². The average molecular weight is 521 g/mol. The lowest BCUT2D eigenvalue weighted by atomic mass is 9.96. The normalized spacial score (nSPS) is 15.0. The summed E-state index contributed by atoms with van der Waals surface area (Å²) in [5, 5.41) is 0. The first-order valence-corrected chi connectivity index (χ1v) is 12.3. The van der Waals surface area contributed by atoms with Gasteiger partial charge >= 0.3 is 17.9 Å². The zero-order chi connectivity index (χ0) is 26.7. The van der Waals surface area contributed by atoms with E-state index in [1.165, 1.54) is 18.4 Å². The van der Waals surface area contributed by atoms with Crippen LogP contribution in [0.2, 0.25) is 0 Å². The number of aromatic nitrogens is 1. The van der Waals surface area contributed by atoms with Gasteiger partial charge < -0.3 is 14.2 Å². The second-order valence-corrected chi connectivity index (χ2v) is 9.11. The predicted octanol–water partition coefficient (Wildman–Crippen LogP) is 2.65. The van der Waals surface area contributed by atoms with Crippen LogP contribution in [0.15, 0.2) is 69.6 Å². The number of carbonyl (C=O) groups excluding carboxylic acids is 3. The SMILES string of the molecule is CCOC(=O)C1=C(C)N=c2s/c(=C\c3ccccc3OC(C)=O)c(=O)n2C1c1ccc(OC(C)=O)cc1. The molecule has 3 aromatic rings. The van der Waals surface area contributed by atoms with Gasteiger partial charge in [0.05, 0.1) is 28.5 Å². The van der Waals surface area contributed by atoms with E-state index in [1.54, 1.807) is 68.5 Å². The van der Waals surface area contributed by atoms with Crippen LogP contribution in [-0.2, 0) is 19.1 Å². The molecule has 0 saturated heterocycles. The maximum Gasteiger partial charge on any atom is 0.338 e. The van der Waals surface area contributed by atoms with Crippen LogP contribution in [0.25, 0.3) is 6.08 Å². The number of fused-ring (bicyclic) bond motifs is 1. The number of allylic oxidation sites excluding steroid dienone is 1. The second kappa shape index (κ2) is 10.8. The summed E-state index contributed by atoms with van der Waals surface area (Å²) in [5.74, 6) is -0.856. The Morgan fingerprint density at radius 3 is 2.35 bits per heavy atom. The van der Waals surface area contributed by atoms with E-state index in [4.69, 9.17) is 14.2 Å². The minimum Gasteiger partial charge on any atom is -0.463 e. The third kappa shape index (κ3) is 5.44. The Bertz CT molecular complexity index is 1600. The third-order valence-corrected chi connectivity index (χ3v) is 6.42. The number of para-hydroxylation sites is 1. The van der Waals surface area contributed by atoms with Crippen molar-refractivity contribution < 1.29 is 28.6 Å². The lowest BCUT2D eigenvalue weighted by Crippen LogP contribution is -2.39. The molecule has 0 amide bonds. The topological polar surface area (TPSA) is 113 Å². The number of thiazole rings is 1. The van der Waals surface area contributed by atoms with Crippen LogP contribution in [0.1, 0.15) is 44.9 Å². The zero-order valence-corrected chi connectivity index (χ0v) is 21.5. The van der Waals surface area contributed by atoms with Gasteiger partial charge in [-0.2, -0.15) is 0 Å². The second-order valence-electron chi connectivity index (χ2n) is 8.10. The summed E-state index contributed by atoms with van der Waals surface area (Å²) < 4.78 is 17.5. The van der Waals surface area contributed by atoms with E-state index >= 15 is 0 Å². The lowest BCUT2D eigenvalue weighted by molar-refractivity contribution is -0.139. The molecule has 2 aromatic carbocycles. The van der Waals surface area contributed by atoms with Crippen LogP contribution < -0.4 is 24.4 Å². The number of esters is 3. The van der Waals surface area contributed by atoms with Gasteiger partial charge in [-0.15, -0.1) is 0 Å². The van der Waals surface area contributed by atoms with Crippen molar-refractivity contribution in [3.8, 4) is 11.5 Å². The molecule has 0 radical (unpaired) electrons. The van der Waals surface area contributed by atoms with Crippen molar-refractivity contribution >= 4 is 35.3 Å². The van der Waals surface area contributed by atoms with Gasteiger partial charge in [0, 0.05) is 19.4 Å². The molecule has 10 heteroatoms. The van der Waals surface area contributed by atoms with E-state index < -0.39 is 23.9 Å². The Hall–Kier alpha value is -4.31. The molecule has 2 heterocycles. The molecule has 4 rings (SSSR count). The van der Waals surface area contributed by atoms with Gasteiger partial charge in [-0.05, 0) is 43.7 Å². The molecule has 0 N–H and O–H groups in total. The highest BCUT2D eigenvalue weighted by atomic mass is 32.1. The smallest absolute Gasteiger partial charge is 0.338 e. The number of benzene rings is 2. The monoisotopic (exact) mass is 520 g/mol. The maximum atomic E-state index is 13.7. The van der Waals surface area contributed by atoms with Gasteiger partial charge in [-0.25, -0.2) is 9.79 Å². The fourth-order valence-electron chi connectivity index (χ4n) is 3.98. The van der Waals surface area contributed by atoms with Crippen LogP contribution in [0.5, 0.6) is 11.5 Å². The van der Waals surface area contributed by atoms with Crippen molar-refractivity contribution in [3.63, 3.8) is 0 Å². The van der Waals surface area contributed by atoms with E-state index in [9.17, 15) is 19.2 Å². The van der Waals surface area contributed by atoms with E-state index in [2.05, 4.69) is 4.99 Å². The molecule has 1 aliphatic rings. The average Bonchev–Trinajstić information content (AvgIpc) is 3.14. The summed E-state index contributed by atoms with van der Waals surface area (Å²) >= 11 is 1.16. The number of nitrogens with zero attached hydrogens (tertiary/aromatic N) is 2. The van der Waals surface area contributed by atoms with Gasteiger partial charge in [-0.3, -0.25) is 19.0 Å². The molecule has 37 heavy (non-hydrogen) atoms. The Balaban J connectivity index is 1.91. The van der Waals surface area contributed by atoms with Crippen molar-refractivity contribution in [1.29, 1.82) is 0 Å². The summed E-state index contributed by atoms with van der Waals surface area (Å²) in [5.41, 5.74) is 1.46. The Morgan fingerprint density at radius 2 is 1.70 bits per heavy atom. The Labute approximate surface area is 215 Å². The molecule has 0 aliphatic carbocycles. The quantitative estimate of drug-likeness (QED) is 0.363. The summed E-state index contributed by atoms with van der Waals surface area (Å²) in [6.45, 7) is 6.16. The van der Waals surface area contributed by atoms with Crippen molar-refractivity contribution in [2.45, 2.75) is 33.7 Å². The van der Waals surface area contributed by atoms with Gasteiger partial charge in [0.25, 0.3) is 5.56 Å². The standard InChI is InChI=1S/C27H24N2O7S/c1-5-34-26(33)23-15(2)28-27-29(24(23)18-10-12-20(13-11-18)35-16(3)30)25(32)22(37-27)14-19-8-6-7-9-21(19)36-17(4)31/h6-14,24H,5H2,1-4H3/b22-14-. The summed E-state index contributed by atoms with van der Waals surface area (Å²) in [4.78, 5) is 54.5. The van der Waals surface area contributed by atoms with Crippen molar-refractivity contribution in [1.82, 2.24) is 4.57 Å². The van der Waals surface area contributed by atoms with E-state index in [1.807, 2.05) is 0 Å². The highest BCUT2D eigenvalue weighted by Crippen LogP contribution is 2.31. The molecule has 0 spiro atoms. The van der Waals surface area contributed by atoms with Gasteiger partial charge in [-0.1, -0.05) is 41.7 Å². The summed E-state index contributed by atoms with van der Waals surface area (Å²) in [6.07, 6.45) is 1.63. The minimum absolute atomic E-state index is 0.158. The first-order chi connectivity index (χ1) is 17.7. The van der Waals surface area contributed by atoms with Gasteiger partial charge in [0.1, 0.15) is 11.5 Å². The lowest BCUT2D eigenvalue weighted by Gasteiger charge is -2.24. The maximum absolute atomic E-state index is 13.7.